The summed E-state index contributed by atoms with van der Waals surface area (Å²) in [5.41, 5.74) is 1.36. The molecule has 0 saturated carbocycles. The van der Waals surface area contributed by atoms with Crippen LogP contribution in [0.4, 0.5) is 0 Å². The number of benzene rings is 1. The molecule has 1 N–H and O–H groups in total. The molecule has 4 nitrogen and oxygen atoms in total. The Bertz CT molecular complexity index is 458. The van der Waals surface area contributed by atoms with Crippen molar-refractivity contribution in [3.8, 4) is 11.5 Å². The summed E-state index contributed by atoms with van der Waals surface area (Å²) < 4.78 is 11.6. The number of likely N-dealkylation sites (N-methyl/N-ethyl adjacent to an activating group) is 1. The fraction of sp³-hybridized carbons (Fsp3) is 0.625. The van der Waals surface area contributed by atoms with Crippen LogP contribution in [0.1, 0.15) is 24.3 Å². The molecule has 2 unspecified atom stereocenters. The van der Waals surface area contributed by atoms with E-state index in [1.54, 1.807) is 7.11 Å². The monoisotopic (exact) mass is 276 g/mol. The fourth-order valence-corrected chi connectivity index (χ4v) is 3.15. The maximum atomic E-state index is 6.18. The topological polar surface area (TPSA) is 33.7 Å². The summed E-state index contributed by atoms with van der Waals surface area (Å²) in [6.07, 6.45) is 2.58. The summed E-state index contributed by atoms with van der Waals surface area (Å²) in [4.78, 5) is 2.31. The zero-order valence-electron chi connectivity index (χ0n) is 12.4. The Morgan fingerprint density at radius 2 is 2.15 bits per heavy atom. The van der Waals surface area contributed by atoms with Crippen molar-refractivity contribution in [1.82, 2.24) is 10.2 Å². The normalized spacial score (nSPS) is 26.9. The Hall–Kier alpha value is -1.26. The molecule has 110 valence electrons. The van der Waals surface area contributed by atoms with Gasteiger partial charge in [-0.15, -0.1) is 0 Å². The van der Waals surface area contributed by atoms with E-state index in [1.807, 2.05) is 6.07 Å². The van der Waals surface area contributed by atoms with Gasteiger partial charge in [-0.05, 0) is 50.0 Å². The highest BCUT2D eigenvalue weighted by Crippen LogP contribution is 2.34. The molecule has 2 aliphatic rings. The van der Waals surface area contributed by atoms with E-state index in [0.29, 0.717) is 5.92 Å². The zero-order chi connectivity index (χ0) is 13.9. The van der Waals surface area contributed by atoms with Gasteiger partial charge in [-0.2, -0.15) is 0 Å². The lowest BCUT2D eigenvalue weighted by molar-refractivity contribution is 0.199. The zero-order valence-corrected chi connectivity index (χ0v) is 12.4. The Labute approximate surface area is 121 Å². The first kappa shape index (κ1) is 13.7. The van der Waals surface area contributed by atoms with E-state index < -0.39 is 0 Å². The molecule has 2 fully saturated rings. The molecule has 0 amide bonds. The number of methoxy groups -OCH3 is 1. The minimum absolute atomic E-state index is 0.283. The van der Waals surface area contributed by atoms with Crippen LogP contribution in [0.3, 0.4) is 0 Å². The largest absolute Gasteiger partial charge is 0.493 e. The third kappa shape index (κ3) is 2.91. The summed E-state index contributed by atoms with van der Waals surface area (Å²) in [6, 6.07) is 6.39. The van der Waals surface area contributed by atoms with E-state index in [1.165, 1.54) is 12.0 Å². The van der Waals surface area contributed by atoms with Crippen molar-refractivity contribution in [1.29, 1.82) is 0 Å². The smallest absolute Gasteiger partial charge is 0.161 e. The molecule has 1 aromatic carbocycles. The van der Waals surface area contributed by atoms with Crippen LogP contribution in [0, 0.1) is 0 Å². The molecule has 0 bridgehead atoms. The van der Waals surface area contributed by atoms with Crippen LogP contribution in [-0.2, 0) is 0 Å². The lowest BCUT2D eigenvalue weighted by Gasteiger charge is -2.18. The molecule has 3 rings (SSSR count). The Kier molecular flexibility index (Phi) is 4.13. The van der Waals surface area contributed by atoms with Crippen LogP contribution in [0.15, 0.2) is 18.2 Å². The summed E-state index contributed by atoms with van der Waals surface area (Å²) in [5.74, 6) is 2.35. The highest BCUT2D eigenvalue weighted by Gasteiger charge is 2.23. The molecular formula is C16H24N2O2. The lowest BCUT2D eigenvalue weighted by Crippen LogP contribution is -2.21. The summed E-state index contributed by atoms with van der Waals surface area (Å²) in [7, 11) is 3.85. The molecule has 0 spiro atoms. The molecule has 4 heteroatoms. The fourth-order valence-electron chi connectivity index (χ4n) is 3.15. The Morgan fingerprint density at radius 3 is 2.80 bits per heavy atom. The van der Waals surface area contributed by atoms with Gasteiger partial charge in [0.1, 0.15) is 6.10 Å². The number of likely N-dealkylation sites (tertiary alicyclic amines) is 1. The van der Waals surface area contributed by atoms with Crippen molar-refractivity contribution >= 4 is 0 Å². The number of hydrogen-bond acceptors (Lipinski definition) is 4. The summed E-state index contributed by atoms with van der Waals surface area (Å²) in [6.45, 7) is 4.29. The minimum atomic E-state index is 0.283. The van der Waals surface area contributed by atoms with Gasteiger partial charge >= 0.3 is 0 Å². The summed E-state index contributed by atoms with van der Waals surface area (Å²) >= 11 is 0. The van der Waals surface area contributed by atoms with Crippen LogP contribution in [0.5, 0.6) is 11.5 Å². The molecular weight excluding hydrogens is 252 g/mol. The Balaban J connectivity index is 1.77. The van der Waals surface area contributed by atoms with Gasteiger partial charge < -0.3 is 19.7 Å². The molecule has 2 saturated heterocycles. The predicted octanol–water partition coefficient (Wildman–Crippen LogP) is 1.85. The van der Waals surface area contributed by atoms with Gasteiger partial charge in [-0.25, -0.2) is 0 Å². The standard InChI is InChI=1S/C16H24N2O2/c1-18-8-6-14(11-18)20-16-9-12(3-4-15(16)19-2)13-5-7-17-10-13/h3-4,9,13-14,17H,5-8,10-11H2,1-2H3. The van der Waals surface area contributed by atoms with Crippen LogP contribution in [0.2, 0.25) is 0 Å². The van der Waals surface area contributed by atoms with Crippen molar-refractivity contribution < 1.29 is 9.47 Å². The van der Waals surface area contributed by atoms with E-state index in [-0.39, 0.29) is 6.10 Å². The van der Waals surface area contributed by atoms with Crippen LogP contribution in [0.25, 0.3) is 0 Å². The van der Waals surface area contributed by atoms with Gasteiger partial charge in [0.15, 0.2) is 11.5 Å². The average Bonchev–Trinajstić information content (AvgIpc) is 3.10. The number of rotatable bonds is 4. The van der Waals surface area contributed by atoms with Gasteiger partial charge in [-0.3, -0.25) is 0 Å². The summed E-state index contributed by atoms with van der Waals surface area (Å²) in [5, 5.41) is 3.42. The third-order valence-electron chi connectivity index (χ3n) is 4.36. The van der Waals surface area contributed by atoms with Crippen molar-refractivity contribution in [2.75, 3.05) is 40.3 Å². The molecule has 1 aromatic rings. The molecule has 0 aromatic heterocycles. The highest BCUT2D eigenvalue weighted by atomic mass is 16.5. The van der Waals surface area contributed by atoms with Gasteiger partial charge in [0.25, 0.3) is 0 Å². The van der Waals surface area contributed by atoms with Gasteiger partial charge in [0, 0.05) is 19.6 Å². The van der Waals surface area contributed by atoms with E-state index in [9.17, 15) is 0 Å². The first-order valence-corrected chi connectivity index (χ1v) is 7.50. The molecule has 2 atom stereocenters. The van der Waals surface area contributed by atoms with E-state index >= 15 is 0 Å². The number of nitrogens with zero attached hydrogens (tertiary/aromatic N) is 1. The maximum Gasteiger partial charge on any atom is 0.161 e. The molecule has 2 heterocycles. The quantitative estimate of drug-likeness (QED) is 0.910. The first-order valence-electron chi connectivity index (χ1n) is 7.50. The lowest BCUT2D eigenvalue weighted by atomic mass is 9.98. The second-order valence-corrected chi connectivity index (χ2v) is 5.89. The van der Waals surface area contributed by atoms with Crippen molar-refractivity contribution in [2.45, 2.75) is 24.9 Å². The first-order chi connectivity index (χ1) is 9.76. The molecule has 0 aliphatic carbocycles. The number of hydrogen-bond donors (Lipinski definition) is 1. The minimum Gasteiger partial charge on any atom is -0.493 e. The van der Waals surface area contributed by atoms with Crippen LogP contribution >= 0.6 is 0 Å². The van der Waals surface area contributed by atoms with Gasteiger partial charge in [-0.1, -0.05) is 6.07 Å². The van der Waals surface area contributed by atoms with E-state index in [2.05, 4.69) is 29.4 Å². The average molecular weight is 276 g/mol. The van der Waals surface area contributed by atoms with Gasteiger partial charge in [0.2, 0.25) is 0 Å². The maximum absolute atomic E-state index is 6.18. The van der Waals surface area contributed by atoms with Crippen LogP contribution in [-0.4, -0.2) is 51.3 Å². The second-order valence-electron chi connectivity index (χ2n) is 5.89. The van der Waals surface area contributed by atoms with Crippen molar-refractivity contribution in [3.63, 3.8) is 0 Å². The Morgan fingerprint density at radius 1 is 1.25 bits per heavy atom. The van der Waals surface area contributed by atoms with Gasteiger partial charge in [0.05, 0.1) is 7.11 Å². The van der Waals surface area contributed by atoms with Crippen molar-refractivity contribution in [3.05, 3.63) is 23.8 Å². The van der Waals surface area contributed by atoms with Crippen molar-refractivity contribution in [2.24, 2.45) is 0 Å². The second kappa shape index (κ2) is 6.02. The van der Waals surface area contributed by atoms with E-state index in [0.717, 1.165) is 44.1 Å². The molecule has 2 aliphatic heterocycles. The van der Waals surface area contributed by atoms with Crippen LogP contribution < -0.4 is 14.8 Å². The third-order valence-corrected chi connectivity index (χ3v) is 4.36. The number of ether oxygens (including phenoxy) is 2. The molecule has 20 heavy (non-hydrogen) atoms. The highest BCUT2D eigenvalue weighted by molar-refractivity contribution is 5.44. The predicted molar refractivity (Wildman–Crippen MR) is 79.8 cm³/mol. The molecule has 0 radical (unpaired) electrons. The SMILES string of the molecule is COc1ccc(C2CCNC2)cc1OC1CCN(C)C1. The van der Waals surface area contributed by atoms with E-state index in [4.69, 9.17) is 9.47 Å². The number of nitrogens with one attached hydrogen (secondary N) is 1.